The summed E-state index contributed by atoms with van der Waals surface area (Å²) in [7, 11) is 1.39. The minimum atomic E-state index is -5.13. The molecule has 57 heavy (non-hydrogen) atoms. The van der Waals surface area contributed by atoms with Gasteiger partial charge in [0.2, 0.25) is 0 Å². The standard InChI is InChI=1S/C41H47F3O13/c1-25(45)49-23-32-35(54-26(2)46)36(55-27(3)47)33(41(42,43)44)39(56-32)53-24-31-34(50-20-28-14-8-5-9-15-28)37(51-21-29-16-10-6-11-17-29)38(40(48-4)57-31)52-22-30-18-12-7-13-19-30/h5-19,31-40H,20-24H2,1-4H3/t31-,32-,33+,34-,35+,36-,37?,38-,39?,40+/m1/s1. The molecule has 2 heterocycles. The lowest BCUT2D eigenvalue weighted by molar-refractivity contribution is -0.362. The Hall–Kier alpha value is -4.42. The van der Waals surface area contributed by atoms with E-state index >= 15 is 13.2 Å². The van der Waals surface area contributed by atoms with Gasteiger partial charge in [0.15, 0.2) is 24.8 Å². The molecule has 2 aliphatic heterocycles. The van der Waals surface area contributed by atoms with E-state index < -0.39 is 98.5 Å². The number of hydrogen-bond acceptors (Lipinski definition) is 13. The molecular formula is C41H47F3O13. The molecule has 2 fully saturated rings. The van der Waals surface area contributed by atoms with Crippen molar-refractivity contribution in [2.75, 3.05) is 20.3 Å². The van der Waals surface area contributed by atoms with Gasteiger partial charge >= 0.3 is 24.1 Å². The van der Waals surface area contributed by atoms with Crippen molar-refractivity contribution < 1.29 is 74.9 Å². The lowest BCUT2D eigenvalue weighted by atomic mass is 9.89. The molecule has 0 aliphatic carbocycles. The second kappa shape index (κ2) is 20.8. The van der Waals surface area contributed by atoms with Crippen LogP contribution in [0.15, 0.2) is 91.0 Å². The van der Waals surface area contributed by atoms with Crippen LogP contribution in [0.25, 0.3) is 0 Å². The molecule has 10 atom stereocenters. The summed E-state index contributed by atoms with van der Waals surface area (Å²) in [5, 5.41) is 0. The van der Waals surface area contributed by atoms with E-state index in [0.29, 0.717) is 0 Å². The Morgan fingerprint density at radius 1 is 0.544 bits per heavy atom. The van der Waals surface area contributed by atoms with Crippen LogP contribution in [0.5, 0.6) is 0 Å². The van der Waals surface area contributed by atoms with Crippen molar-refractivity contribution in [3.8, 4) is 0 Å². The summed E-state index contributed by atoms with van der Waals surface area (Å²) in [5.41, 5.74) is 2.47. The van der Waals surface area contributed by atoms with Crippen molar-refractivity contribution >= 4 is 17.9 Å². The zero-order chi connectivity index (χ0) is 41.0. The zero-order valence-electron chi connectivity index (χ0n) is 31.9. The molecule has 2 aliphatic rings. The van der Waals surface area contributed by atoms with E-state index in [2.05, 4.69) is 0 Å². The molecule has 310 valence electrons. The SMILES string of the molecule is CO[C@H]1O[C@H](COC2O[C@H](COC(C)=O)[C@H](OC(C)=O)[C@H](OC(C)=O)[C@@H]2C(F)(F)F)[C@@H](OCc2ccccc2)C(OCc2ccccc2)[C@H]1OCc1ccccc1. The van der Waals surface area contributed by atoms with Gasteiger partial charge in [0.1, 0.15) is 43.0 Å². The second-order valence-corrected chi connectivity index (χ2v) is 13.5. The molecule has 3 aromatic rings. The van der Waals surface area contributed by atoms with Crippen molar-refractivity contribution in [1.82, 2.24) is 0 Å². The van der Waals surface area contributed by atoms with Crippen molar-refractivity contribution in [2.24, 2.45) is 5.92 Å². The summed E-state index contributed by atoms with van der Waals surface area (Å²) in [6.07, 6.45) is -18.0. The number of benzene rings is 3. The van der Waals surface area contributed by atoms with Gasteiger partial charge in [0, 0.05) is 27.9 Å². The number of hydrogen-bond donors (Lipinski definition) is 0. The molecule has 0 amide bonds. The summed E-state index contributed by atoms with van der Waals surface area (Å²) in [6, 6.07) is 27.9. The van der Waals surface area contributed by atoms with Crippen LogP contribution in [0.2, 0.25) is 0 Å². The molecule has 5 rings (SSSR count). The Balaban J connectivity index is 1.49. The summed E-state index contributed by atoms with van der Waals surface area (Å²) in [4.78, 5) is 36.0. The van der Waals surface area contributed by atoms with Crippen molar-refractivity contribution in [2.45, 2.75) is 102 Å². The van der Waals surface area contributed by atoms with E-state index in [-0.39, 0.29) is 19.8 Å². The molecule has 0 radical (unpaired) electrons. The molecule has 0 bridgehead atoms. The van der Waals surface area contributed by atoms with E-state index in [1.54, 1.807) is 0 Å². The van der Waals surface area contributed by atoms with Crippen molar-refractivity contribution in [1.29, 1.82) is 0 Å². The minimum absolute atomic E-state index is 0.0494. The highest BCUT2D eigenvalue weighted by Gasteiger charge is 2.61. The number of rotatable bonds is 17. The lowest BCUT2D eigenvalue weighted by Crippen LogP contribution is -2.64. The van der Waals surface area contributed by atoms with Crippen LogP contribution in [-0.2, 0) is 81.6 Å². The molecular weight excluding hydrogens is 757 g/mol. The third kappa shape index (κ3) is 12.5. The van der Waals surface area contributed by atoms with Gasteiger partial charge in [-0.2, -0.15) is 13.2 Å². The first-order valence-electron chi connectivity index (χ1n) is 18.3. The molecule has 3 aromatic carbocycles. The van der Waals surface area contributed by atoms with Crippen LogP contribution in [0.1, 0.15) is 37.5 Å². The van der Waals surface area contributed by atoms with Crippen LogP contribution in [0, 0.1) is 5.92 Å². The molecule has 0 N–H and O–H groups in total. The Kier molecular flexibility index (Phi) is 16.0. The first-order valence-corrected chi connectivity index (χ1v) is 18.3. The molecule has 2 unspecified atom stereocenters. The summed E-state index contributed by atoms with van der Waals surface area (Å²) in [5.74, 6) is -5.54. The molecule has 0 aromatic heterocycles. The highest BCUT2D eigenvalue weighted by atomic mass is 19.4. The minimum Gasteiger partial charge on any atom is -0.463 e. The molecule has 0 spiro atoms. The molecule has 2 saturated heterocycles. The van der Waals surface area contributed by atoms with E-state index in [4.69, 9.17) is 47.4 Å². The third-order valence-corrected chi connectivity index (χ3v) is 9.18. The lowest BCUT2D eigenvalue weighted by Gasteiger charge is -2.47. The number of carbonyl (C=O) groups is 3. The number of ether oxygens (including phenoxy) is 10. The maximum atomic E-state index is 15.0. The van der Waals surface area contributed by atoms with Gasteiger partial charge in [-0.05, 0) is 16.7 Å². The monoisotopic (exact) mass is 804 g/mol. The first kappa shape index (κ1) is 43.7. The van der Waals surface area contributed by atoms with Gasteiger partial charge in [-0.25, -0.2) is 0 Å². The summed E-state index contributed by atoms with van der Waals surface area (Å²) in [6.45, 7) is 2.00. The fraction of sp³-hybridized carbons (Fsp3) is 0.488. The topological polar surface area (TPSA) is 144 Å². The van der Waals surface area contributed by atoms with Gasteiger partial charge < -0.3 is 47.4 Å². The number of alkyl halides is 3. The fourth-order valence-corrected chi connectivity index (χ4v) is 6.65. The summed E-state index contributed by atoms with van der Waals surface area (Å²) >= 11 is 0. The quantitative estimate of drug-likeness (QED) is 0.126. The number of halogens is 3. The van der Waals surface area contributed by atoms with E-state index in [1.807, 2.05) is 91.0 Å². The van der Waals surface area contributed by atoms with Gasteiger partial charge in [0.05, 0.1) is 26.4 Å². The molecule has 13 nitrogen and oxygen atoms in total. The van der Waals surface area contributed by atoms with Crippen molar-refractivity contribution in [3.05, 3.63) is 108 Å². The normalized spacial score (nSPS) is 27.6. The summed E-state index contributed by atoms with van der Waals surface area (Å²) < 4.78 is 104. The van der Waals surface area contributed by atoms with Gasteiger partial charge in [0.25, 0.3) is 0 Å². The van der Waals surface area contributed by atoms with Crippen LogP contribution in [0.4, 0.5) is 13.2 Å². The Bertz CT molecular complexity index is 1700. The highest BCUT2D eigenvalue weighted by Crippen LogP contribution is 2.42. The predicted molar refractivity (Wildman–Crippen MR) is 193 cm³/mol. The van der Waals surface area contributed by atoms with Gasteiger partial charge in [-0.15, -0.1) is 0 Å². The maximum Gasteiger partial charge on any atom is 0.400 e. The number of carbonyl (C=O) groups excluding carboxylic acids is 3. The smallest absolute Gasteiger partial charge is 0.400 e. The average molecular weight is 805 g/mol. The number of methoxy groups -OCH3 is 1. The van der Waals surface area contributed by atoms with Gasteiger partial charge in [-0.1, -0.05) is 91.0 Å². The largest absolute Gasteiger partial charge is 0.463 e. The zero-order valence-corrected chi connectivity index (χ0v) is 31.9. The Morgan fingerprint density at radius 2 is 0.982 bits per heavy atom. The van der Waals surface area contributed by atoms with Crippen LogP contribution in [-0.4, -0.2) is 99.7 Å². The van der Waals surface area contributed by atoms with Gasteiger partial charge in [-0.3, -0.25) is 14.4 Å². The van der Waals surface area contributed by atoms with Crippen LogP contribution >= 0.6 is 0 Å². The second-order valence-electron chi connectivity index (χ2n) is 13.5. The number of esters is 3. The Labute approximate surface area is 328 Å². The fourth-order valence-electron chi connectivity index (χ4n) is 6.65. The maximum absolute atomic E-state index is 15.0. The molecule has 0 saturated carbocycles. The third-order valence-electron chi connectivity index (χ3n) is 9.18. The average Bonchev–Trinajstić information content (AvgIpc) is 3.18. The van der Waals surface area contributed by atoms with E-state index in [9.17, 15) is 14.4 Å². The highest BCUT2D eigenvalue weighted by molar-refractivity contribution is 5.68. The van der Waals surface area contributed by atoms with Crippen LogP contribution in [0.3, 0.4) is 0 Å². The first-order chi connectivity index (χ1) is 27.3. The van der Waals surface area contributed by atoms with E-state index in [1.165, 1.54) is 7.11 Å². The Morgan fingerprint density at radius 3 is 1.44 bits per heavy atom. The predicted octanol–water partition coefficient (Wildman–Crippen LogP) is 5.46. The van der Waals surface area contributed by atoms with Crippen molar-refractivity contribution in [3.63, 3.8) is 0 Å². The van der Waals surface area contributed by atoms with Crippen LogP contribution < -0.4 is 0 Å². The van der Waals surface area contributed by atoms with E-state index in [0.717, 1.165) is 37.5 Å². The molecule has 16 heteroatoms.